The quantitative estimate of drug-likeness (QED) is 0.628. The van der Waals surface area contributed by atoms with E-state index in [4.69, 9.17) is 5.11 Å². The second-order valence-electron chi connectivity index (χ2n) is 4.06. The molecular weight excluding hydrogens is 278 g/mol. The summed E-state index contributed by atoms with van der Waals surface area (Å²) in [6, 6.07) is 2.09. The highest BCUT2D eigenvalue weighted by Gasteiger charge is 2.15. The van der Waals surface area contributed by atoms with Crippen LogP contribution in [-0.4, -0.2) is 39.3 Å². The van der Waals surface area contributed by atoms with Gasteiger partial charge in [0.2, 0.25) is 10.0 Å². The van der Waals surface area contributed by atoms with Crippen LogP contribution in [0, 0.1) is 11.6 Å². The van der Waals surface area contributed by atoms with Gasteiger partial charge in [-0.1, -0.05) is 0 Å². The third-order valence-corrected chi connectivity index (χ3v) is 3.62. The Bertz CT molecular complexity index is 500. The highest BCUT2D eigenvalue weighted by molar-refractivity contribution is 7.89. The Hall–Kier alpha value is -1.09. The van der Waals surface area contributed by atoms with Gasteiger partial charge in [0.1, 0.15) is 11.6 Å². The summed E-state index contributed by atoms with van der Waals surface area (Å²) < 4.78 is 51.5. The first kappa shape index (κ1) is 16.0. The molecule has 3 N–H and O–H groups in total. The van der Waals surface area contributed by atoms with Gasteiger partial charge in [-0.2, -0.15) is 0 Å². The van der Waals surface area contributed by atoms with E-state index in [-0.39, 0.29) is 6.54 Å². The minimum Gasteiger partial charge on any atom is -0.392 e. The number of aliphatic hydroxyl groups excluding tert-OH is 1. The summed E-state index contributed by atoms with van der Waals surface area (Å²) in [5, 5.41) is 11.8. The zero-order valence-corrected chi connectivity index (χ0v) is 11.2. The van der Waals surface area contributed by atoms with Crippen molar-refractivity contribution in [3.05, 3.63) is 29.8 Å². The lowest BCUT2D eigenvalue weighted by atomic mass is 10.3. The molecule has 8 heteroatoms. The summed E-state index contributed by atoms with van der Waals surface area (Å²) in [5.74, 6) is -1.90. The molecule has 0 saturated heterocycles. The molecule has 0 aliphatic rings. The van der Waals surface area contributed by atoms with Gasteiger partial charge in [-0.25, -0.2) is 21.9 Å². The molecule has 1 unspecified atom stereocenters. The van der Waals surface area contributed by atoms with Gasteiger partial charge in [-0.15, -0.1) is 0 Å². The van der Waals surface area contributed by atoms with E-state index in [9.17, 15) is 17.2 Å². The van der Waals surface area contributed by atoms with Gasteiger partial charge in [-0.05, 0) is 19.1 Å². The standard InChI is InChI=1S/C11H16F2N2O3S/c1-8(16)7-14-2-3-15-19(17,18)11-5-9(12)4-10(13)6-11/h4-6,8,14-16H,2-3,7H2,1H3. The summed E-state index contributed by atoms with van der Waals surface area (Å²) in [6.45, 7) is 2.26. The highest BCUT2D eigenvalue weighted by Crippen LogP contribution is 2.12. The van der Waals surface area contributed by atoms with Crippen LogP contribution in [0.2, 0.25) is 0 Å². The molecule has 0 spiro atoms. The first-order chi connectivity index (χ1) is 8.81. The van der Waals surface area contributed by atoms with Crippen LogP contribution in [0.1, 0.15) is 6.92 Å². The molecule has 0 saturated carbocycles. The second kappa shape index (κ2) is 6.90. The number of aliphatic hydroxyl groups is 1. The van der Waals surface area contributed by atoms with Gasteiger partial charge in [0.15, 0.2) is 0 Å². The van der Waals surface area contributed by atoms with E-state index in [1.54, 1.807) is 6.92 Å². The lowest BCUT2D eigenvalue weighted by Gasteiger charge is -2.09. The molecule has 0 bridgehead atoms. The molecule has 0 aromatic heterocycles. The van der Waals surface area contributed by atoms with Gasteiger partial charge >= 0.3 is 0 Å². The van der Waals surface area contributed by atoms with Crippen molar-refractivity contribution in [1.82, 2.24) is 10.0 Å². The van der Waals surface area contributed by atoms with Crippen LogP contribution in [-0.2, 0) is 10.0 Å². The van der Waals surface area contributed by atoms with Crippen molar-refractivity contribution >= 4 is 10.0 Å². The molecule has 0 heterocycles. The number of benzene rings is 1. The number of halogens is 2. The number of hydrogen-bond acceptors (Lipinski definition) is 4. The first-order valence-corrected chi connectivity index (χ1v) is 7.14. The second-order valence-corrected chi connectivity index (χ2v) is 5.82. The molecule has 19 heavy (non-hydrogen) atoms. The average molecular weight is 294 g/mol. The van der Waals surface area contributed by atoms with E-state index in [1.165, 1.54) is 0 Å². The number of hydrogen-bond donors (Lipinski definition) is 3. The van der Waals surface area contributed by atoms with Crippen LogP contribution in [0.4, 0.5) is 8.78 Å². The third-order valence-electron chi connectivity index (χ3n) is 2.18. The fourth-order valence-electron chi connectivity index (χ4n) is 1.35. The van der Waals surface area contributed by atoms with Crippen molar-refractivity contribution in [3.8, 4) is 0 Å². The molecule has 0 amide bonds. The topological polar surface area (TPSA) is 78.4 Å². The molecule has 1 aromatic rings. The number of nitrogens with one attached hydrogen (secondary N) is 2. The summed E-state index contributed by atoms with van der Waals surface area (Å²) in [4.78, 5) is -0.458. The van der Waals surface area contributed by atoms with Crippen LogP contribution in [0.25, 0.3) is 0 Å². The van der Waals surface area contributed by atoms with Crippen LogP contribution >= 0.6 is 0 Å². The van der Waals surface area contributed by atoms with Crippen LogP contribution < -0.4 is 10.0 Å². The van der Waals surface area contributed by atoms with Gasteiger partial charge < -0.3 is 10.4 Å². The maximum Gasteiger partial charge on any atom is 0.240 e. The summed E-state index contributed by atoms with van der Waals surface area (Å²) in [6.07, 6.45) is -0.533. The van der Waals surface area contributed by atoms with Crippen molar-refractivity contribution in [2.24, 2.45) is 0 Å². The first-order valence-electron chi connectivity index (χ1n) is 5.66. The Morgan fingerprint density at radius 1 is 1.21 bits per heavy atom. The highest BCUT2D eigenvalue weighted by atomic mass is 32.2. The average Bonchev–Trinajstić information content (AvgIpc) is 2.26. The van der Waals surface area contributed by atoms with E-state index in [2.05, 4.69) is 10.0 Å². The minimum atomic E-state index is -3.94. The summed E-state index contributed by atoms with van der Waals surface area (Å²) >= 11 is 0. The predicted octanol–water partition coefficient (Wildman–Crippen LogP) is 0.213. The Morgan fingerprint density at radius 2 is 1.79 bits per heavy atom. The zero-order valence-electron chi connectivity index (χ0n) is 10.4. The Balaban J connectivity index is 2.56. The fraction of sp³-hybridized carbons (Fsp3) is 0.455. The molecular formula is C11H16F2N2O3S. The van der Waals surface area contributed by atoms with E-state index in [0.717, 1.165) is 12.1 Å². The normalized spacial score (nSPS) is 13.5. The monoisotopic (exact) mass is 294 g/mol. The van der Waals surface area contributed by atoms with Crippen molar-refractivity contribution in [2.75, 3.05) is 19.6 Å². The summed E-state index contributed by atoms with van der Waals surface area (Å²) in [5.41, 5.74) is 0. The zero-order chi connectivity index (χ0) is 14.5. The molecule has 1 rings (SSSR count). The third kappa shape index (κ3) is 5.60. The predicted molar refractivity (Wildman–Crippen MR) is 66.1 cm³/mol. The fourth-order valence-corrected chi connectivity index (χ4v) is 2.42. The number of rotatable bonds is 7. The van der Waals surface area contributed by atoms with Crippen molar-refractivity contribution in [2.45, 2.75) is 17.9 Å². The van der Waals surface area contributed by atoms with Gasteiger partial charge in [0.25, 0.3) is 0 Å². The Labute approximate surface area is 110 Å². The molecule has 108 valence electrons. The molecule has 1 aromatic carbocycles. The van der Waals surface area contributed by atoms with Crippen molar-refractivity contribution in [1.29, 1.82) is 0 Å². The molecule has 0 fully saturated rings. The SMILES string of the molecule is CC(O)CNCCNS(=O)(=O)c1cc(F)cc(F)c1. The number of sulfonamides is 1. The van der Waals surface area contributed by atoms with Gasteiger partial charge in [-0.3, -0.25) is 0 Å². The largest absolute Gasteiger partial charge is 0.392 e. The minimum absolute atomic E-state index is 0.0488. The Morgan fingerprint density at radius 3 is 2.32 bits per heavy atom. The lowest BCUT2D eigenvalue weighted by molar-refractivity contribution is 0.192. The van der Waals surface area contributed by atoms with Crippen LogP contribution in [0.3, 0.4) is 0 Å². The molecule has 0 aliphatic carbocycles. The van der Waals surface area contributed by atoms with Gasteiger partial charge in [0, 0.05) is 25.7 Å². The smallest absolute Gasteiger partial charge is 0.240 e. The molecule has 0 radical (unpaired) electrons. The van der Waals surface area contributed by atoms with E-state index in [1.807, 2.05) is 0 Å². The van der Waals surface area contributed by atoms with Gasteiger partial charge in [0.05, 0.1) is 11.0 Å². The maximum absolute atomic E-state index is 12.9. The van der Waals surface area contributed by atoms with E-state index < -0.39 is 32.7 Å². The Kier molecular flexibility index (Phi) is 5.80. The lowest BCUT2D eigenvalue weighted by Crippen LogP contribution is -2.34. The van der Waals surface area contributed by atoms with E-state index >= 15 is 0 Å². The van der Waals surface area contributed by atoms with Crippen molar-refractivity contribution in [3.63, 3.8) is 0 Å². The molecule has 0 aliphatic heterocycles. The molecule has 1 atom stereocenters. The van der Waals surface area contributed by atoms with Crippen molar-refractivity contribution < 1.29 is 22.3 Å². The van der Waals surface area contributed by atoms with Crippen LogP contribution in [0.5, 0.6) is 0 Å². The van der Waals surface area contributed by atoms with E-state index in [0.29, 0.717) is 19.2 Å². The molecule has 5 nitrogen and oxygen atoms in total. The summed E-state index contributed by atoms with van der Waals surface area (Å²) in [7, 11) is -3.94. The maximum atomic E-state index is 12.9. The van der Waals surface area contributed by atoms with Crippen LogP contribution in [0.15, 0.2) is 23.1 Å².